The van der Waals surface area contributed by atoms with Gasteiger partial charge in [-0.25, -0.2) is 4.39 Å². The average Bonchev–Trinajstić information content (AvgIpc) is 3.41. The lowest BCUT2D eigenvalue weighted by Gasteiger charge is -2.28. The molecule has 15 heteroatoms. The van der Waals surface area contributed by atoms with Gasteiger partial charge >= 0.3 is 0 Å². The molecule has 1 atom stereocenters. The number of amides is 3. The predicted molar refractivity (Wildman–Crippen MR) is 167 cm³/mol. The van der Waals surface area contributed by atoms with Crippen LogP contribution in [0.3, 0.4) is 0 Å². The molecule has 1 aromatic carbocycles. The van der Waals surface area contributed by atoms with Crippen molar-refractivity contribution in [2.45, 2.75) is 73.5 Å². The van der Waals surface area contributed by atoms with Crippen LogP contribution in [-0.2, 0) is 32.2 Å². The Bertz CT molecular complexity index is 1310. The van der Waals surface area contributed by atoms with Gasteiger partial charge in [0.15, 0.2) is 40.5 Å². The second-order valence-electron chi connectivity index (χ2n) is 9.46. The van der Waals surface area contributed by atoms with Crippen molar-refractivity contribution in [2.75, 3.05) is 32.8 Å². The van der Waals surface area contributed by atoms with Gasteiger partial charge in [-0.15, -0.1) is 0 Å². The SMILES string of the molecule is C=C(O)/C(O)=C1/C(=O)N(C2CCC(=O)NC2=O)C/C1=C(/O)NCc1c(O)c(O)c(CN2CCOCC2)c(O)c1F.CC.CC.CC. The summed E-state index contributed by atoms with van der Waals surface area (Å²) in [5.41, 5.74) is -1.75. The number of imide groups is 1. The molecule has 46 heavy (non-hydrogen) atoms. The Labute approximate surface area is 268 Å². The molecule has 4 rings (SSSR count). The first kappa shape index (κ1) is 39.5. The molecule has 3 fully saturated rings. The number of carbonyl (C=O) groups is 3. The van der Waals surface area contributed by atoms with Gasteiger partial charge in [-0.1, -0.05) is 48.1 Å². The van der Waals surface area contributed by atoms with Gasteiger partial charge in [0.2, 0.25) is 11.8 Å². The molecule has 8 N–H and O–H groups in total. The van der Waals surface area contributed by atoms with E-state index in [0.717, 1.165) is 4.90 Å². The fraction of sp³-hybridized carbons (Fsp3) is 0.516. The van der Waals surface area contributed by atoms with E-state index in [2.05, 4.69) is 17.2 Å². The number of phenolic OH excluding ortho intramolecular Hbond substituents is 3. The molecule has 0 radical (unpaired) electrons. The zero-order valence-electron chi connectivity index (χ0n) is 27.2. The number of hydrogen-bond donors (Lipinski definition) is 8. The second-order valence-corrected chi connectivity index (χ2v) is 9.46. The number of aromatic hydroxyl groups is 3. The minimum atomic E-state index is -1.26. The van der Waals surface area contributed by atoms with Crippen molar-refractivity contribution in [1.29, 1.82) is 0 Å². The van der Waals surface area contributed by atoms with E-state index < -0.39 is 88.5 Å². The van der Waals surface area contributed by atoms with Crippen LogP contribution in [0.5, 0.6) is 17.2 Å². The third-order valence-electron chi connectivity index (χ3n) is 6.96. The Hall–Kier alpha value is -4.50. The smallest absolute Gasteiger partial charge is 0.259 e. The standard InChI is InChI=1S/C25H29FN4O10.3C2H6/c1-11(31)19(33)17-13(10-30(25(17)39)15-2-3-16(32)28-24(15)38)23(37)27-8-12-18(26)20(34)14(22(36)21(12)35)9-29-4-6-40-7-5-29;3*1-2/h15,27,31,33-37H,1-10H2,(H,28,32,38);3*1-2H3/b19-17-,23-13-;;;. The van der Waals surface area contributed by atoms with Gasteiger partial charge in [-0.05, 0) is 6.42 Å². The summed E-state index contributed by atoms with van der Waals surface area (Å²) in [7, 11) is 0. The van der Waals surface area contributed by atoms with Crippen molar-refractivity contribution < 1.29 is 54.2 Å². The van der Waals surface area contributed by atoms with Crippen LogP contribution in [-0.4, -0.2) is 97.1 Å². The van der Waals surface area contributed by atoms with Gasteiger partial charge in [0, 0.05) is 38.2 Å². The third-order valence-corrected chi connectivity index (χ3v) is 6.96. The number of likely N-dealkylation sites (tertiary alicyclic amines) is 1. The predicted octanol–water partition coefficient (Wildman–Crippen LogP) is 3.24. The summed E-state index contributed by atoms with van der Waals surface area (Å²) in [5, 5.41) is 66.7. The van der Waals surface area contributed by atoms with Crippen LogP contribution >= 0.6 is 0 Å². The molecule has 14 nitrogen and oxygen atoms in total. The van der Waals surface area contributed by atoms with Gasteiger partial charge < -0.3 is 45.6 Å². The fourth-order valence-electron chi connectivity index (χ4n) is 4.76. The van der Waals surface area contributed by atoms with Crippen LogP contribution in [0.4, 0.5) is 4.39 Å². The highest BCUT2D eigenvalue weighted by Gasteiger charge is 2.44. The minimum absolute atomic E-state index is 0.0274. The number of carbonyl (C=O) groups excluding carboxylic acids is 3. The Balaban J connectivity index is 0.00000166. The van der Waals surface area contributed by atoms with Crippen LogP contribution in [0.25, 0.3) is 0 Å². The normalized spacial score (nSPS) is 20.2. The molecule has 258 valence electrons. The van der Waals surface area contributed by atoms with Crippen molar-refractivity contribution in [3.63, 3.8) is 0 Å². The number of rotatable bonds is 7. The van der Waals surface area contributed by atoms with Gasteiger partial charge in [-0.3, -0.25) is 24.6 Å². The zero-order valence-corrected chi connectivity index (χ0v) is 27.2. The number of nitrogens with one attached hydrogen (secondary N) is 2. The Kier molecular flexibility index (Phi) is 15.9. The zero-order chi connectivity index (χ0) is 35.3. The molecule has 3 heterocycles. The molecule has 0 bridgehead atoms. The third kappa shape index (κ3) is 8.81. The summed E-state index contributed by atoms with van der Waals surface area (Å²) < 4.78 is 20.3. The molecule has 1 unspecified atom stereocenters. The van der Waals surface area contributed by atoms with E-state index in [4.69, 9.17) is 4.74 Å². The molecular weight excluding hydrogens is 607 g/mol. The Morgan fingerprint density at radius 1 is 0.957 bits per heavy atom. The van der Waals surface area contributed by atoms with E-state index in [9.17, 15) is 45.0 Å². The minimum Gasteiger partial charge on any atom is -0.505 e. The van der Waals surface area contributed by atoms with Crippen molar-refractivity contribution in [3.8, 4) is 17.2 Å². The highest BCUT2D eigenvalue weighted by molar-refractivity contribution is 6.07. The summed E-state index contributed by atoms with van der Waals surface area (Å²) in [5.74, 6) is -8.77. The number of phenols is 3. The van der Waals surface area contributed by atoms with Gasteiger partial charge in [-0.2, -0.15) is 0 Å². The number of ether oxygens (including phenoxy) is 1. The monoisotopic (exact) mass is 654 g/mol. The van der Waals surface area contributed by atoms with Gasteiger partial charge in [0.05, 0.1) is 36.5 Å². The lowest BCUT2D eigenvalue weighted by molar-refractivity contribution is -0.142. The largest absolute Gasteiger partial charge is 0.505 e. The van der Waals surface area contributed by atoms with E-state index in [1.807, 2.05) is 41.5 Å². The Morgan fingerprint density at radius 3 is 2.07 bits per heavy atom. The number of aliphatic hydroxyl groups excluding tert-OH is 3. The van der Waals surface area contributed by atoms with Crippen LogP contribution in [0, 0.1) is 5.82 Å². The Morgan fingerprint density at radius 2 is 1.52 bits per heavy atom. The highest BCUT2D eigenvalue weighted by Crippen LogP contribution is 2.42. The van der Waals surface area contributed by atoms with E-state index in [1.165, 1.54) is 0 Å². The summed E-state index contributed by atoms with van der Waals surface area (Å²) in [6, 6.07) is -1.13. The number of aliphatic hydroxyl groups is 3. The van der Waals surface area contributed by atoms with Crippen LogP contribution < -0.4 is 10.6 Å². The van der Waals surface area contributed by atoms with Crippen molar-refractivity contribution in [2.24, 2.45) is 0 Å². The lowest BCUT2D eigenvalue weighted by atomic mass is 10.0. The molecule has 3 saturated heterocycles. The maximum atomic E-state index is 15.1. The van der Waals surface area contributed by atoms with Crippen molar-refractivity contribution >= 4 is 17.7 Å². The van der Waals surface area contributed by atoms with E-state index in [-0.39, 0.29) is 30.5 Å². The van der Waals surface area contributed by atoms with Crippen molar-refractivity contribution in [1.82, 2.24) is 20.4 Å². The first-order valence-corrected chi connectivity index (χ1v) is 15.3. The van der Waals surface area contributed by atoms with Crippen LogP contribution in [0.1, 0.15) is 65.5 Å². The molecule has 0 aliphatic carbocycles. The summed E-state index contributed by atoms with van der Waals surface area (Å²) >= 11 is 0. The van der Waals surface area contributed by atoms with Crippen molar-refractivity contribution in [3.05, 3.63) is 52.1 Å². The number of morpholine rings is 1. The number of piperidine rings is 1. The number of nitrogens with zero attached hydrogens (tertiary/aromatic N) is 2. The topological polar surface area (TPSA) is 212 Å². The highest BCUT2D eigenvalue weighted by atomic mass is 19.1. The second kappa shape index (κ2) is 18.5. The van der Waals surface area contributed by atoms with Gasteiger partial charge in [0.1, 0.15) is 6.04 Å². The van der Waals surface area contributed by atoms with E-state index in [1.54, 1.807) is 4.90 Å². The first-order chi connectivity index (χ1) is 21.9. The average molecular weight is 655 g/mol. The molecule has 3 amide bonds. The number of hydrogen-bond acceptors (Lipinski definition) is 12. The molecule has 3 aliphatic heterocycles. The maximum absolute atomic E-state index is 15.1. The molecule has 0 aromatic heterocycles. The summed E-state index contributed by atoms with van der Waals surface area (Å²) in [4.78, 5) is 39.7. The van der Waals surface area contributed by atoms with Crippen LogP contribution in [0.2, 0.25) is 0 Å². The number of benzene rings is 1. The van der Waals surface area contributed by atoms with Crippen LogP contribution in [0.15, 0.2) is 35.1 Å². The molecule has 0 saturated carbocycles. The first-order valence-electron chi connectivity index (χ1n) is 15.3. The molecule has 3 aliphatic rings. The molecule has 0 spiro atoms. The summed E-state index contributed by atoms with van der Waals surface area (Å²) in [6.45, 7) is 15.7. The fourth-order valence-corrected chi connectivity index (χ4v) is 4.76. The quantitative estimate of drug-likeness (QED) is 0.0700. The molecular formula is C31H47FN4O10. The lowest BCUT2D eigenvalue weighted by Crippen LogP contribution is -2.53. The number of halogens is 1. The maximum Gasteiger partial charge on any atom is 0.259 e. The molecule has 1 aromatic rings. The van der Waals surface area contributed by atoms with Gasteiger partial charge in [0.25, 0.3) is 5.91 Å². The van der Waals surface area contributed by atoms with E-state index >= 15 is 4.39 Å². The van der Waals surface area contributed by atoms with E-state index in [0.29, 0.717) is 26.3 Å². The summed E-state index contributed by atoms with van der Waals surface area (Å²) in [6.07, 6.45) is -0.0886.